The highest BCUT2D eigenvalue weighted by atomic mass is 15.1. The lowest BCUT2D eigenvalue weighted by atomic mass is 10.0. The van der Waals surface area contributed by atoms with Crippen LogP contribution in [0.5, 0.6) is 0 Å². The summed E-state index contributed by atoms with van der Waals surface area (Å²) < 4.78 is 0. The van der Waals surface area contributed by atoms with E-state index in [1.165, 1.54) is 36.9 Å². The van der Waals surface area contributed by atoms with Crippen LogP contribution in [0.4, 0.5) is 5.69 Å². The lowest BCUT2D eigenvalue weighted by Gasteiger charge is -2.29. The zero-order chi connectivity index (χ0) is 12.3. The van der Waals surface area contributed by atoms with Crippen LogP contribution in [0.25, 0.3) is 0 Å². The fourth-order valence-electron chi connectivity index (χ4n) is 2.86. The average molecular weight is 232 g/mol. The van der Waals surface area contributed by atoms with Gasteiger partial charge in [-0.05, 0) is 37.8 Å². The summed E-state index contributed by atoms with van der Waals surface area (Å²) in [5, 5.41) is 0. The van der Waals surface area contributed by atoms with Gasteiger partial charge in [-0.2, -0.15) is 0 Å². The Balaban J connectivity index is 2.18. The molecule has 0 bridgehead atoms. The average Bonchev–Trinajstić information content (AvgIpc) is 2.81. The van der Waals surface area contributed by atoms with Gasteiger partial charge in [0.05, 0.1) is 0 Å². The number of hydrogen-bond donors (Lipinski definition) is 1. The molecule has 1 aromatic carbocycles. The van der Waals surface area contributed by atoms with E-state index in [1.807, 2.05) is 0 Å². The summed E-state index contributed by atoms with van der Waals surface area (Å²) >= 11 is 0. The molecular formula is C15H24N2. The van der Waals surface area contributed by atoms with E-state index in [2.05, 4.69) is 43.1 Å². The maximum atomic E-state index is 5.93. The predicted octanol–water partition coefficient (Wildman–Crippen LogP) is 2.96. The minimum absolute atomic E-state index is 0.230. The lowest BCUT2D eigenvalue weighted by molar-refractivity contribution is 0.646. The number of anilines is 1. The van der Waals surface area contributed by atoms with Gasteiger partial charge in [0.25, 0.3) is 0 Å². The van der Waals surface area contributed by atoms with E-state index >= 15 is 0 Å². The Labute approximate surface area is 105 Å². The van der Waals surface area contributed by atoms with E-state index in [0.717, 1.165) is 12.5 Å². The maximum absolute atomic E-state index is 5.93. The van der Waals surface area contributed by atoms with Crippen molar-refractivity contribution in [2.75, 3.05) is 11.9 Å². The van der Waals surface area contributed by atoms with Gasteiger partial charge < -0.3 is 10.6 Å². The number of para-hydroxylation sites is 1. The monoisotopic (exact) mass is 232 g/mol. The zero-order valence-corrected chi connectivity index (χ0v) is 11.0. The molecule has 1 unspecified atom stereocenters. The van der Waals surface area contributed by atoms with Crippen LogP contribution in [0.2, 0.25) is 0 Å². The number of hydrogen-bond acceptors (Lipinski definition) is 2. The first-order valence-corrected chi connectivity index (χ1v) is 6.75. The highest BCUT2D eigenvalue weighted by Gasteiger charge is 2.21. The minimum atomic E-state index is 0.230. The number of rotatable bonds is 4. The highest BCUT2D eigenvalue weighted by molar-refractivity contribution is 5.54. The first-order chi connectivity index (χ1) is 8.18. The Kier molecular flexibility index (Phi) is 4.06. The second-order valence-electron chi connectivity index (χ2n) is 5.36. The molecule has 0 heterocycles. The van der Waals surface area contributed by atoms with Crippen LogP contribution in [0, 0.1) is 0 Å². The summed E-state index contributed by atoms with van der Waals surface area (Å²) in [6.45, 7) is 2.08. The van der Waals surface area contributed by atoms with Crippen molar-refractivity contribution in [1.82, 2.24) is 0 Å². The van der Waals surface area contributed by atoms with Crippen LogP contribution in [0.3, 0.4) is 0 Å². The molecule has 0 aromatic heterocycles. The van der Waals surface area contributed by atoms with Gasteiger partial charge in [0.15, 0.2) is 0 Å². The van der Waals surface area contributed by atoms with Crippen LogP contribution in [-0.2, 0) is 6.42 Å². The third-order valence-electron chi connectivity index (χ3n) is 3.79. The topological polar surface area (TPSA) is 29.3 Å². The van der Waals surface area contributed by atoms with Crippen LogP contribution in [-0.4, -0.2) is 19.1 Å². The van der Waals surface area contributed by atoms with Crippen molar-refractivity contribution in [1.29, 1.82) is 0 Å². The third kappa shape index (κ3) is 3.01. The van der Waals surface area contributed by atoms with E-state index in [9.17, 15) is 0 Å². The van der Waals surface area contributed by atoms with Crippen LogP contribution < -0.4 is 10.6 Å². The van der Waals surface area contributed by atoms with E-state index in [1.54, 1.807) is 0 Å². The molecular weight excluding hydrogens is 208 g/mol. The molecule has 0 radical (unpaired) electrons. The van der Waals surface area contributed by atoms with E-state index in [-0.39, 0.29) is 6.04 Å². The van der Waals surface area contributed by atoms with Gasteiger partial charge >= 0.3 is 0 Å². The Morgan fingerprint density at radius 2 is 1.94 bits per heavy atom. The molecule has 0 saturated heterocycles. The summed E-state index contributed by atoms with van der Waals surface area (Å²) in [6.07, 6.45) is 6.40. The lowest BCUT2D eigenvalue weighted by Crippen LogP contribution is -2.30. The fourth-order valence-corrected chi connectivity index (χ4v) is 2.86. The molecule has 2 heteroatoms. The molecule has 1 atom stereocenters. The first-order valence-electron chi connectivity index (χ1n) is 6.75. The van der Waals surface area contributed by atoms with Crippen LogP contribution in [0.1, 0.15) is 38.2 Å². The number of nitrogens with two attached hydrogens (primary N) is 1. The molecule has 1 aliphatic carbocycles. The summed E-state index contributed by atoms with van der Waals surface area (Å²) in [6, 6.07) is 9.65. The van der Waals surface area contributed by atoms with E-state index < -0.39 is 0 Å². The summed E-state index contributed by atoms with van der Waals surface area (Å²) in [5.74, 6) is 0. The van der Waals surface area contributed by atoms with Gasteiger partial charge in [-0.15, -0.1) is 0 Å². The summed E-state index contributed by atoms with van der Waals surface area (Å²) in [5.41, 5.74) is 8.69. The van der Waals surface area contributed by atoms with Gasteiger partial charge in [0.1, 0.15) is 0 Å². The Hall–Kier alpha value is -1.02. The van der Waals surface area contributed by atoms with Crippen LogP contribution in [0.15, 0.2) is 24.3 Å². The van der Waals surface area contributed by atoms with Gasteiger partial charge in [-0.3, -0.25) is 0 Å². The third-order valence-corrected chi connectivity index (χ3v) is 3.79. The molecule has 2 nitrogen and oxygen atoms in total. The van der Waals surface area contributed by atoms with Crippen molar-refractivity contribution in [3.05, 3.63) is 29.8 Å². The summed E-state index contributed by atoms with van der Waals surface area (Å²) in [7, 11) is 2.23. The molecule has 2 N–H and O–H groups in total. The standard InChI is InChI=1S/C15H24N2/c1-12(16)11-13-7-3-6-10-15(13)17(2)14-8-4-5-9-14/h3,6-7,10,12,14H,4-5,8-9,11,16H2,1-2H3. The molecule has 17 heavy (non-hydrogen) atoms. The number of nitrogens with zero attached hydrogens (tertiary/aromatic N) is 1. The van der Waals surface area contributed by atoms with Gasteiger partial charge in [-0.1, -0.05) is 31.0 Å². The highest BCUT2D eigenvalue weighted by Crippen LogP contribution is 2.29. The smallest absolute Gasteiger partial charge is 0.0399 e. The molecule has 94 valence electrons. The normalized spacial score (nSPS) is 18.3. The summed E-state index contributed by atoms with van der Waals surface area (Å²) in [4.78, 5) is 2.46. The minimum Gasteiger partial charge on any atom is -0.371 e. The Morgan fingerprint density at radius 3 is 2.59 bits per heavy atom. The molecule has 1 saturated carbocycles. The van der Waals surface area contributed by atoms with Crippen LogP contribution >= 0.6 is 0 Å². The van der Waals surface area contributed by atoms with Crippen molar-refractivity contribution in [2.45, 2.75) is 51.1 Å². The Morgan fingerprint density at radius 1 is 1.29 bits per heavy atom. The largest absolute Gasteiger partial charge is 0.371 e. The first kappa shape index (κ1) is 12.4. The number of benzene rings is 1. The van der Waals surface area contributed by atoms with Crippen molar-refractivity contribution >= 4 is 5.69 Å². The van der Waals surface area contributed by atoms with E-state index in [4.69, 9.17) is 5.73 Å². The maximum Gasteiger partial charge on any atom is 0.0399 e. The van der Waals surface area contributed by atoms with Crippen molar-refractivity contribution in [3.8, 4) is 0 Å². The molecule has 0 spiro atoms. The Bertz CT molecular complexity index is 354. The molecule has 1 fully saturated rings. The fraction of sp³-hybridized carbons (Fsp3) is 0.600. The van der Waals surface area contributed by atoms with Crippen molar-refractivity contribution < 1.29 is 0 Å². The molecule has 1 aliphatic rings. The second kappa shape index (κ2) is 5.54. The SMILES string of the molecule is CC(N)Cc1ccccc1N(C)C1CCCC1. The second-order valence-corrected chi connectivity index (χ2v) is 5.36. The van der Waals surface area contributed by atoms with E-state index in [0.29, 0.717) is 0 Å². The van der Waals surface area contributed by atoms with Gasteiger partial charge in [-0.25, -0.2) is 0 Å². The van der Waals surface area contributed by atoms with Gasteiger partial charge in [0.2, 0.25) is 0 Å². The molecule has 2 rings (SSSR count). The molecule has 0 amide bonds. The molecule has 0 aliphatic heterocycles. The predicted molar refractivity (Wildman–Crippen MR) is 74.5 cm³/mol. The molecule has 1 aromatic rings. The van der Waals surface area contributed by atoms with Gasteiger partial charge in [0, 0.05) is 24.8 Å². The van der Waals surface area contributed by atoms with Crippen molar-refractivity contribution in [2.24, 2.45) is 5.73 Å². The zero-order valence-electron chi connectivity index (χ0n) is 11.0. The quantitative estimate of drug-likeness (QED) is 0.865. The van der Waals surface area contributed by atoms with Crippen molar-refractivity contribution in [3.63, 3.8) is 0 Å².